The maximum absolute atomic E-state index is 5.94. The van der Waals surface area contributed by atoms with Gasteiger partial charge in [0.25, 0.3) is 0 Å². The Morgan fingerprint density at radius 2 is 1.72 bits per heavy atom. The molecule has 132 valence electrons. The van der Waals surface area contributed by atoms with Crippen LogP contribution in [0, 0.1) is 0 Å². The average molecular weight is 336 g/mol. The van der Waals surface area contributed by atoms with E-state index in [4.69, 9.17) is 4.74 Å². The molecule has 0 bridgehead atoms. The first-order chi connectivity index (χ1) is 12.3. The molecule has 0 amide bonds. The predicted octanol–water partition coefficient (Wildman–Crippen LogP) is 3.62. The largest absolute Gasteiger partial charge is 0.375 e. The number of nitrogens with zero attached hydrogens (tertiary/aromatic N) is 1. The van der Waals surface area contributed by atoms with Gasteiger partial charge >= 0.3 is 0 Å². The van der Waals surface area contributed by atoms with Crippen LogP contribution in [0.5, 0.6) is 0 Å². The SMILES string of the molecule is C=CC[C@@H]1CNC(COCc2ccccc2)CN1Cc1ccccc1. The number of hydrogen-bond acceptors (Lipinski definition) is 3. The third kappa shape index (κ3) is 5.53. The van der Waals surface area contributed by atoms with Crippen LogP contribution in [0.1, 0.15) is 17.5 Å². The molecule has 0 aromatic heterocycles. The topological polar surface area (TPSA) is 24.5 Å². The second-order valence-corrected chi connectivity index (χ2v) is 6.70. The van der Waals surface area contributed by atoms with Crippen molar-refractivity contribution in [3.05, 3.63) is 84.4 Å². The fourth-order valence-electron chi connectivity index (χ4n) is 3.37. The maximum atomic E-state index is 5.94. The molecule has 0 radical (unpaired) electrons. The molecular formula is C22H28N2O. The van der Waals surface area contributed by atoms with E-state index >= 15 is 0 Å². The zero-order valence-electron chi connectivity index (χ0n) is 14.8. The van der Waals surface area contributed by atoms with Crippen molar-refractivity contribution in [3.8, 4) is 0 Å². The highest BCUT2D eigenvalue weighted by Gasteiger charge is 2.27. The van der Waals surface area contributed by atoms with Gasteiger partial charge < -0.3 is 10.1 Å². The van der Waals surface area contributed by atoms with E-state index < -0.39 is 0 Å². The molecule has 0 spiro atoms. The van der Waals surface area contributed by atoms with Crippen LogP contribution in [0.3, 0.4) is 0 Å². The van der Waals surface area contributed by atoms with Gasteiger partial charge in [-0.3, -0.25) is 4.90 Å². The van der Waals surface area contributed by atoms with Gasteiger partial charge in [0, 0.05) is 31.7 Å². The van der Waals surface area contributed by atoms with Crippen LogP contribution in [0.15, 0.2) is 73.3 Å². The molecule has 1 fully saturated rings. The van der Waals surface area contributed by atoms with E-state index in [0.717, 1.165) is 32.7 Å². The minimum Gasteiger partial charge on any atom is -0.375 e. The highest BCUT2D eigenvalue weighted by Crippen LogP contribution is 2.16. The van der Waals surface area contributed by atoms with E-state index in [1.54, 1.807) is 0 Å². The Morgan fingerprint density at radius 1 is 1.04 bits per heavy atom. The zero-order chi connectivity index (χ0) is 17.3. The molecule has 1 aliphatic rings. The van der Waals surface area contributed by atoms with Gasteiger partial charge in [0.05, 0.1) is 13.2 Å². The zero-order valence-corrected chi connectivity index (χ0v) is 14.8. The molecule has 3 rings (SSSR count). The van der Waals surface area contributed by atoms with Gasteiger partial charge in [-0.05, 0) is 17.5 Å². The summed E-state index contributed by atoms with van der Waals surface area (Å²) in [5.41, 5.74) is 2.59. The van der Waals surface area contributed by atoms with E-state index in [9.17, 15) is 0 Å². The molecule has 3 heteroatoms. The summed E-state index contributed by atoms with van der Waals surface area (Å²) in [5, 5.41) is 3.64. The summed E-state index contributed by atoms with van der Waals surface area (Å²) in [4.78, 5) is 2.56. The third-order valence-corrected chi connectivity index (χ3v) is 4.71. The van der Waals surface area contributed by atoms with E-state index in [1.165, 1.54) is 11.1 Å². The van der Waals surface area contributed by atoms with Crippen molar-refractivity contribution in [2.45, 2.75) is 31.7 Å². The molecule has 1 unspecified atom stereocenters. The van der Waals surface area contributed by atoms with E-state index in [2.05, 4.69) is 71.4 Å². The Kier molecular flexibility index (Phi) is 6.80. The average Bonchev–Trinajstić information content (AvgIpc) is 2.66. The number of ether oxygens (including phenoxy) is 1. The number of benzene rings is 2. The molecular weight excluding hydrogens is 308 g/mol. The van der Waals surface area contributed by atoms with Crippen LogP contribution in [0.25, 0.3) is 0 Å². The highest BCUT2D eigenvalue weighted by atomic mass is 16.5. The van der Waals surface area contributed by atoms with Gasteiger partial charge in [-0.1, -0.05) is 66.7 Å². The molecule has 1 N–H and O–H groups in total. The lowest BCUT2D eigenvalue weighted by Crippen LogP contribution is -2.57. The summed E-state index contributed by atoms with van der Waals surface area (Å²) in [6.45, 7) is 8.30. The lowest BCUT2D eigenvalue weighted by Gasteiger charge is -2.40. The number of piperazine rings is 1. The van der Waals surface area contributed by atoms with Crippen molar-refractivity contribution in [1.82, 2.24) is 10.2 Å². The van der Waals surface area contributed by atoms with Gasteiger partial charge in [0.15, 0.2) is 0 Å². The smallest absolute Gasteiger partial charge is 0.0717 e. The van der Waals surface area contributed by atoms with Gasteiger partial charge in [-0.25, -0.2) is 0 Å². The number of nitrogens with one attached hydrogen (secondary N) is 1. The number of hydrogen-bond donors (Lipinski definition) is 1. The lowest BCUT2D eigenvalue weighted by molar-refractivity contribution is 0.0506. The molecule has 25 heavy (non-hydrogen) atoms. The molecule has 2 atom stereocenters. The Hall–Kier alpha value is -1.94. The quantitative estimate of drug-likeness (QED) is 0.745. The molecule has 0 aliphatic carbocycles. The van der Waals surface area contributed by atoms with E-state index in [1.807, 2.05) is 12.1 Å². The van der Waals surface area contributed by atoms with Crippen LogP contribution >= 0.6 is 0 Å². The van der Waals surface area contributed by atoms with Crippen molar-refractivity contribution in [1.29, 1.82) is 0 Å². The van der Waals surface area contributed by atoms with E-state index in [-0.39, 0.29) is 0 Å². The van der Waals surface area contributed by atoms with Crippen LogP contribution in [-0.4, -0.2) is 36.7 Å². The predicted molar refractivity (Wildman–Crippen MR) is 103 cm³/mol. The number of rotatable bonds is 8. The minimum atomic E-state index is 0.369. The third-order valence-electron chi connectivity index (χ3n) is 4.71. The van der Waals surface area contributed by atoms with Crippen LogP contribution in [0.2, 0.25) is 0 Å². The lowest BCUT2D eigenvalue weighted by atomic mass is 10.0. The van der Waals surface area contributed by atoms with Gasteiger partial charge in [-0.15, -0.1) is 6.58 Å². The van der Waals surface area contributed by atoms with Gasteiger partial charge in [0.1, 0.15) is 0 Å². The molecule has 1 aliphatic heterocycles. The monoisotopic (exact) mass is 336 g/mol. The Labute approximate surface area is 151 Å². The fraction of sp³-hybridized carbons (Fsp3) is 0.364. The second-order valence-electron chi connectivity index (χ2n) is 6.70. The van der Waals surface area contributed by atoms with Crippen LogP contribution in [-0.2, 0) is 17.9 Å². The molecule has 2 aromatic carbocycles. The summed E-state index contributed by atoms with van der Waals surface area (Å²) in [7, 11) is 0. The molecule has 1 heterocycles. The standard InChI is InChI=1S/C22H28N2O/c1-2-9-22-14-23-21(18-25-17-20-12-7-4-8-13-20)16-24(22)15-19-10-5-3-6-11-19/h2-8,10-13,21-23H,1,9,14-18H2/t21?,22-/m1/s1. The Bertz CT molecular complexity index is 629. The normalized spacial score (nSPS) is 21.1. The summed E-state index contributed by atoms with van der Waals surface area (Å²) in [6.07, 6.45) is 3.04. The first kappa shape index (κ1) is 17.9. The van der Waals surface area contributed by atoms with Crippen LogP contribution in [0.4, 0.5) is 0 Å². The summed E-state index contributed by atoms with van der Waals surface area (Å²) in [6, 6.07) is 21.9. The van der Waals surface area contributed by atoms with Crippen molar-refractivity contribution < 1.29 is 4.74 Å². The summed E-state index contributed by atoms with van der Waals surface area (Å²) < 4.78 is 5.94. The summed E-state index contributed by atoms with van der Waals surface area (Å²) >= 11 is 0. The molecule has 1 saturated heterocycles. The molecule has 3 nitrogen and oxygen atoms in total. The fourth-order valence-corrected chi connectivity index (χ4v) is 3.37. The minimum absolute atomic E-state index is 0.369. The first-order valence-electron chi connectivity index (χ1n) is 9.09. The first-order valence-corrected chi connectivity index (χ1v) is 9.09. The van der Waals surface area contributed by atoms with E-state index in [0.29, 0.717) is 18.7 Å². The van der Waals surface area contributed by atoms with Crippen LogP contribution < -0.4 is 5.32 Å². The van der Waals surface area contributed by atoms with Gasteiger partial charge in [-0.2, -0.15) is 0 Å². The Balaban J connectivity index is 1.53. The van der Waals surface area contributed by atoms with Crippen molar-refractivity contribution in [3.63, 3.8) is 0 Å². The van der Waals surface area contributed by atoms with Gasteiger partial charge in [0.2, 0.25) is 0 Å². The van der Waals surface area contributed by atoms with Crippen molar-refractivity contribution in [2.24, 2.45) is 0 Å². The van der Waals surface area contributed by atoms with Crippen molar-refractivity contribution >= 4 is 0 Å². The molecule has 0 saturated carbocycles. The summed E-state index contributed by atoms with van der Waals surface area (Å²) in [5.74, 6) is 0. The maximum Gasteiger partial charge on any atom is 0.0717 e. The Morgan fingerprint density at radius 3 is 2.40 bits per heavy atom. The highest BCUT2D eigenvalue weighted by molar-refractivity contribution is 5.15. The second kappa shape index (κ2) is 9.52. The van der Waals surface area contributed by atoms with Crippen molar-refractivity contribution in [2.75, 3.05) is 19.7 Å². The molecule has 2 aromatic rings.